The van der Waals surface area contributed by atoms with Gasteiger partial charge in [-0.25, -0.2) is 10.2 Å². The maximum absolute atomic E-state index is 12.1. The van der Waals surface area contributed by atoms with E-state index in [1.165, 1.54) is 17.2 Å². The van der Waals surface area contributed by atoms with Crippen molar-refractivity contribution in [3.8, 4) is 0 Å². The summed E-state index contributed by atoms with van der Waals surface area (Å²) in [5, 5.41) is 0.635. The summed E-state index contributed by atoms with van der Waals surface area (Å²) < 4.78 is 5.05. The van der Waals surface area contributed by atoms with Gasteiger partial charge in [-0.1, -0.05) is 23.7 Å². The third-order valence-electron chi connectivity index (χ3n) is 3.64. The molecular formula is C16H18ClN3O3. The fourth-order valence-corrected chi connectivity index (χ4v) is 2.15. The first-order valence-corrected chi connectivity index (χ1v) is 7.40. The average Bonchev–Trinajstić information content (AvgIpc) is 2.97. The Morgan fingerprint density at radius 1 is 1.17 bits per heavy atom. The first kappa shape index (κ1) is 16.9. The maximum Gasteiger partial charge on any atom is 0.336 e. The number of hydrazine groups is 1. The van der Waals surface area contributed by atoms with E-state index in [2.05, 4.69) is 10.9 Å². The standard InChI is InChI=1S/C16H18ClN3O3/c1-10(12-4-6-13(17)7-5-12)20(3)16(22)19-18-15(21)14-8-9-23-11(14)2/h4-10H,1-3H3,(H,18,21)(H,19,22). The van der Waals surface area contributed by atoms with Gasteiger partial charge in [-0.05, 0) is 37.6 Å². The highest BCUT2D eigenvalue weighted by atomic mass is 35.5. The van der Waals surface area contributed by atoms with Crippen LogP contribution in [-0.2, 0) is 0 Å². The molecule has 0 aliphatic rings. The van der Waals surface area contributed by atoms with E-state index in [9.17, 15) is 9.59 Å². The Bertz CT molecular complexity index is 697. The molecule has 0 saturated heterocycles. The molecule has 1 atom stereocenters. The molecule has 2 aromatic rings. The molecule has 1 aromatic carbocycles. The summed E-state index contributed by atoms with van der Waals surface area (Å²) in [5.74, 6) is 0.0526. The molecule has 0 aliphatic carbocycles. The Kier molecular flexibility index (Phi) is 5.28. The van der Waals surface area contributed by atoms with Crippen LogP contribution in [0, 0.1) is 6.92 Å². The predicted molar refractivity (Wildman–Crippen MR) is 87.1 cm³/mol. The van der Waals surface area contributed by atoms with Crippen LogP contribution in [-0.4, -0.2) is 23.9 Å². The van der Waals surface area contributed by atoms with E-state index < -0.39 is 11.9 Å². The second-order valence-corrected chi connectivity index (χ2v) is 5.55. The van der Waals surface area contributed by atoms with Gasteiger partial charge in [0.25, 0.3) is 5.91 Å². The lowest BCUT2D eigenvalue weighted by Gasteiger charge is -2.25. The highest BCUT2D eigenvalue weighted by Gasteiger charge is 2.18. The monoisotopic (exact) mass is 335 g/mol. The van der Waals surface area contributed by atoms with Crippen LogP contribution in [0.25, 0.3) is 0 Å². The van der Waals surface area contributed by atoms with Crippen LogP contribution in [0.5, 0.6) is 0 Å². The predicted octanol–water partition coefficient (Wildman–Crippen LogP) is 3.29. The van der Waals surface area contributed by atoms with Gasteiger partial charge in [0.1, 0.15) is 5.76 Å². The smallest absolute Gasteiger partial charge is 0.336 e. The molecule has 0 radical (unpaired) electrons. The number of hydrogen-bond donors (Lipinski definition) is 2. The van der Waals surface area contributed by atoms with Crippen LogP contribution in [0.4, 0.5) is 4.79 Å². The lowest BCUT2D eigenvalue weighted by Crippen LogP contribution is -2.48. The van der Waals surface area contributed by atoms with Crippen molar-refractivity contribution in [1.82, 2.24) is 15.8 Å². The molecule has 3 amide bonds. The summed E-state index contributed by atoms with van der Waals surface area (Å²) >= 11 is 5.86. The van der Waals surface area contributed by atoms with Crippen molar-refractivity contribution in [2.45, 2.75) is 19.9 Å². The molecule has 2 N–H and O–H groups in total. The van der Waals surface area contributed by atoms with Crippen molar-refractivity contribution in [2.75, 3.05) is 7.05 Å². The van der Waals surface area contributed by atoms with Gasteiger partial charge < -0.3 is 9.32 Å². The summed E-state index contributed by atoms with van der Waals surface area (Å²) in [6.45, 7) is 3.55. The van der Waals surface area contributed by atoms with Gasteiger partial charge in [0.2, 0.25) is 0 Å². The van der Waals surface area contributed by atoms with Crippen LogP contribution >= 0.6 is 11.6 Å². The fourth-order valence-electron chi connectivity index (χ4n) is 2.03. The molecular weight excluding hydrogens is 318 g/mol. The topological polar surface area (TPSA) is 74.6 Å². The number of benzene rings is 1. The van der Waals surface area contributed by atoms with E-state index in [-0.39, 0.29) is 6.04 Å². The summed E-state index contributed by atoms with van der Waals surface area (Å²) in [4.78, 5) is 25.5. The highest BCUT2D eigenvalue weighted by molar-refractivity contribution is 6.30. The van der Waals surface area contributed by atoms with Crippen molar-refractivity contribution in [3.05, 3.63) is 58.5 Å². The molecule has 2 rings (SSSR count). The molecule has 23 heavy (non-hydrogen) atoms. The van der Waals surface area contributed by atoms with E-state index in [0.717, 1.165) is 5.56 Å². The highest BCUT2D eigenvalue weighted by Crippen LogP contribution is 2.20. The number of amides is 3. The molecule has 0 saturated carbocycles. The zero-order valence-electron chi connectivity index (χ0n) is 13.1. The van der Waals surface area contributed by atoms with Crippen LogP contribution in [0.1, 0.15) is 34.6 Å². The zero-order chi connectivity index (χ0) is 17.0. The normalized spacial score (nSPS) is 11.7. The Morgan fingerprint density at radius 3 is 2.39 bits per heavy atom. The Morgan fingerprint density at radius 2 is 1.83 bits per heavy atom. The number of nitrogens with zero attached hydrogens (tertiary/aromatic N) is 1. The summed E-state index contributed by atoms with van der Waals surface area (Å²) in [6, 6.07) is 8.16. The van der Waals surface area contributed by atoms with Gasteiger partial charge in [0, 0.05) is 12.1 Å². The molecule has 6 nitrogen and oxygen atoms in total. The first-order chi connectivity index (χ1) is 10.9. The van der Waals surface area contributed by atoms with Crippen LogP contribution < -0.4 is 10.9 Å². The van der Waals surface area contributed by atoms with Gasteiger partial charge in [0.15, 0.2) is 0 Å². The van der Waals surface area contributed by atoms with Crippen LogP contribution in [0.15, 0.2) is 41.0 Å². The molecule has 7 heteroatoms. The third-order valence-corrected chi connectivity index (χ3v) is 3.89. The van der Waals surface area contributed by atoms with Gasteiger partial charge in [0.05, 0.1) is 17.9 Å². The summed E-state index contributed by atoms with van der Waals surface area (Å²) in [5.41, 5.74) is 6.05. The van der Waals surface area contributed by atoms with Crippen molar-refractivity contribution in [2.24, 2.45) is 0 Å². The summed E-state index contributed by atoms with van der Waals surface area (Å²) in [7, 11) is 1.64. The van der Waals surface area contributed by atoms with Gasteiger partial charge in [-0.15, -0.1) is 0 Å². The van der Waals surface area contributed by atoms with Crippen molar-refractivity contribution in [3.63, 3.8) is 0 Å². The minimum atomic E-state index is -0.433. The number of carbonyl (C=O) groups is 2. The third kappa shape index (κ3) is 4.04. The average molecular weight is 336 g/mol. The SMILES string of the molecule is Cc1occc1C(=O)NNC(=O)N(C)C(C)c1ccc(Cl)cc1. The van der Waals surface area contributed by atoms with E-state index >= 15 is 0 Å². The zero-order valence-corrected chi connectivity index (χ0v) is 13.8. The molecule has 0 aliphatic heterocycles. The number of aryl methyl sites for hydroxylation is 1. The second-order valence-electron chi connectivity index (χ2n) is 5.11. The Hall–Kier alpha value is -2.47. The minimum absolute atomic E-state index is 0.181. The number of rotatable bonds is 3. The number of hydrogen-bond acceptors (Lipinski definition) is 3. The van der Waals surface area contributed by atoms with E-state index in [1.54, 1.807) is 26.1 Å². The Balaban J connectivity index is 1.93. The van der Waals surface area contributed by atoms with E-state index in [4.69, 9.17) is 16.0 Å². The lowest BCUT2D eigenvalue weighted by molar-refractivity contribution is 0.0927. The minimum Gasteiger partial charge on any atom is -0.469 e. The summed E-state index contributed by atoms with van der Waals surface area (Å²) in [6.07, 6.45) is 1.42. The lowest BCUT2D eigenvalue weighted by atomic mass is 10.1. The van der Waals surface area contributed by atoms with Gasteiger partial charge in [-0.3, -0.25) is 10.2 Å². The molecule has 122 valence electrons. The molecule has 0 spiro atoms. The van der Waals surface area contributed by atoms with E-state index in [0.29, 0.717) is 16.3 Å². The molecule has 1 aromatic heterocycles. The van der Waals surface area contributed by atoms with Crippen LogP contribution in [0.3, 0.4) is 0 Å². The first-order valence-electron chi connectivity index (χ1n) is 7.03. The molecule has 1 heterocycles. The largest absolute Gasteiger partial charge is 0.469 e. The fraction of sp³-hybridized carbons (Fsp3) is 0.250. The number of carbonyl (C=O) groups excluding carboxylic acids is 2. The second kappa shape index (κ2) is 7.19. The van der Waals surface area contributed by atoms with Crippen molar-refractivity contribution in [1.29, 1.82) is 0 Å². The quantitative estimate of drug-likeness (QED) is 0.845. The number of furan rings is 1. The molecule has 0 fully saturated rings. The number of urea groups is 1. The van der Waals surface area contributed by atoms with Gasteiger partial charge in [-0.2, -0.15) is 0 Å². The van der Waals surface area contributed by atoms with Crippen molar-refractivity contribution >= 4 is 23.5 Å². The number of nitrogens with one attached hydrogen (secondary N) is 2. The van der Waals surface area contributed by atoms with Gasteiger partial charge >= 0.3 is 6.03 Å². The Labute approximate surface area is 139 Å². The molecule has 1 unspecified atom stereocenters. The molecule has 0 bridgehead atoms. The van der Waals surface area contributed by atoms with Crippen molar-refractivity contribution < 1.29 is 14.0 Å². The van der Waals surface area contributed by atoms with E-state index in [1.807, 2.05) is 19.1 Å². The van der Waals surface area contributed by atoms with Crippen LogP contribution in [0.2, 0.25) is 5.02 Å². The number of halogens is 1. The maximum atomic E-state index is 12.1.